The standard InChI is InChI=1S/C19H21NO3/c1-13-3-6-15-10-19(23-18(15)9-13)17(12-21)20-11-14-4-7-16(22-2)8-5-14/h3-10,17,20-21H,11-12H2,1-2H3. The molecule has 1 aromatic heterocycles. The Labute approximate surface area is 135 Å². The zero-order chi connectivity index (χ0) is 16.2. The van der Waals surface area contributed by atoms with Crippen LogP contribution >= 0.6 is 0 Å². The Morgan fingerprint density at radius 2 is 1.91 bits per heavy atom. The zero-order valence-corrected chi connectivity index (χ0v) is 13.4. The van der Waals surface area contributed by atoms with Crippen molar-refractivity contribution in [3.63, 3.8) is 0 Å². The average molecular weight is 311 g/mol. The molecule has 2 aromatic carbocycles. The summed E-state index contributed by atoms with van der Waals surface area (Å²) in [4.78, 5) is 0. The number of nitrogens with one attached hydrogen (secondary N) is 1. The van der Waals surface area contributed by atoms with Gasteiger partial charge in [-0.15, -0.1) is 0 Å². The molecule has 0 fully saturated rings. The second-order valence-electron chi connectivity index (χ2n) is 5.65. The van der Waals surface area contributed by atoms with Crippen molar-refractivity contribution in [2.24, 2.45) is 0 Å². The summed E-state index contributed by atoms with van der Waals surface area (Å²) >= 11 is 0. The van der Waals surface area contributed by atoms with Gasteiger partial charge in [-0.1, -0.05) is 24.3 Å². The first-order valence-corrected chi connectivity index (χ1v) is 7.67. The number of benzene rings is 2. The van der Waals surface area contributed by atoms with Crippen molar-refractivity contribution in [1.29, 1.82) is 0 Å². The van der Waals surface area contributed by atoms with Crippen molar-refractivity contribution in [2.75, 3.05) is 13.7 Å². The number of rotatable bonds is 6. The maximum Gasteiger partial charge on any atom is 0.134 e. The Morgan fingerprint density at radius 1 is 1.13 bits per heavy atom. The molecular formula is C19H21NO3. The maximum absolute atomic E-state index is 9.68. The van der Waals surface area contributed by atoms with Crippen LogP contribution in [0.1, 0.15) is 22.9 Å². The fraction of sp³-hybridized carbons (Fsp3) is 0.263. The smallest absolute Gasteiger partial charge is 0.134 e. The monoisotopic (exact) mass is 311 g/mol. The molecular weight excluding hydrogens is 290 g/mol. The third kappa shape index (κ3) is 3.55. The number of furan rings is 1. The molecule has 0 saturated heterocycles. The minimum Gasteiger partial charge on any atom is -0.497 e. The number of hydrogen-bond acceptors (Lipinski definition) is 4. The van der Waals surface area contributed by atoms with Gasteiger partial charge in [-0.3, -0.25) is 0 Å². The molecule has 0 aliphatic carbocycles. The van der Waals surface area contributed by atoms with Gasteiger partial charge in [0, 0.05) is 11.9 Å². The second kappa shape index (κ2) is 6.86. The van der Waals surface area contributed by atoms with Crippen molar-refractivity contribution in [1.82, 2.24) is 5.32 Å². The average Bonchev–Trinajstić information content (AvgIpc) is 2.99. The summed E-state index contributed by atoms with van der Waals surface area (Å²) in [6.07, 6.45) is 0. The van der Waals surface area contributed by atoms with E-state index in [1.54, 1.807) is 7.11 Å². The Kier molecular flexibility index (Phi) is 4.65. The van der Waals surface area contributed by atoms with Gasteiger partial charge in [0.2, 0.25) is 0 Å². The third-order valence-corrected chi connectivity index (χ3v) is 3.93. The van der Waals surface area contributed by atoms with Crippen LogP contribution in [-0.4, -0.2) is 18.8 Å². The highest BCUT2D eigenvalue weighted by Crippen LogP contribution is 2.25. The summed E-state index contributed by atoms with van der Waals surface area (Å²) in [5.74, 6) is 1.58. The van der Waals surface area contributed by atoms with E-state index in [2.05, 4.69) is 11.4 Å². The highest BCUT2D eigenvalue weighted by atomic mass is 16.5. The quantitative estimate of drug-likeness (QED) is 0.730. The normalized spacial score (nSPS) is 12.5. The number of methoxy groups -OCH3 is 1. The first-order valence-electron chi connectivity index (χ1n) is 7.67. The van der Waals surface area contributed by atoms with E-state index in [1.165, 1.54) is 0 Å². The lowest BCUT2D eigenvalue weighted by atomic mass is 10.1. The molecule has 0 amide bonds. The Bertz CT molecular complexity index is 777. The summed E-state index contributed by atoms with van der Waals surface area (Å²) in [5.41, 5.74) is 3.13. The maximum atomic E-state index is 9.68. The molecule has 0 spiro atoms. The fourth-order valence-electron chi connectivity index (χ4n) is 2.57. The van der Waals surface area contributed by atoms with Crippen LogP contribution in [0.3, 0.4) is 0 Å². The first-order chi connectivity index (χ1) is 11.2. The van der Waals surface area contributed by atoms with E-state index < -0.39 is 0 Å². The van der Waals surface area contributed by atoms with Crippen molar-refractivity contribution >= 4 is 11.0 Å². The fourth-order valence-corrected chi connectivity index (χ4v) is 2.57. The lowest BCUT2D eigenvalue weighted by Gasteiger charge is -2.14. The van der Waals surface area contributed by atoms with E-state index in [0.717, 1.165) is 33.6 Å². The van der Waals surface area contributed by atoms with Crippen LogP contribution in [0, 0.1) is 6.92 Å². The van der Waals surface area contributed by atoms with Crippen molar-refractivity contribution in [3.05, 3.63) is 65.4 Å². The van der Waals surface area contributed by atoms with Gasteiger partial charge in [-0.25, -0.2) is 0 Å². The molecule has 3 rings (SSSR count). The highest BCUT2D eigenvalue weighted by molar-refractivity contribution is 5.78. The Balaban J connectivity index is 1.72. The van der Waals surface area contributed by atoms with Crippen molar-refractivity contribution in [2.45, 2.75) is 19.5 Å². The molecule has 1 unspecified atom stereocenters. The van der Waals surface area contributed by atoms with E-state index in [4.69, 9.17) is 9.15 Å². The van der Waals surface area contributed by atoms with Gasteiger partial charge in [0.15, 0.2) is 0 Å². The van der Waals surface area contributed by atoms with E-state index >= 15 is 0 Å². The van der Waals surface area contributed by atoms with E-state index in [1.807, 2.05) is 49.4 Å². The van der Waals surface area contributed by atoms with E-state index in [0.29, 0.717) is 6.54 Å². The SMILES string of the molecule is COc1ccc(CNC(CO)c2cc3ccc(C)cc3o2)cc1. The number of fused-ring (bicyclic) bond motifs is 1. The Hall–Kier alpha value is -2.30. The minimum atomic E-state index is -0.232. The summed E-state index contributed by atoms with van der Waals surface area (Å²) in [5, 5.41) is 14.1. The number of aliphatic hydroxyl groups is 1. The van der Waals surface area contributed by atoms with Crippen molar-refractivity contribution in [3.8, 4) is 5.75 Å². The number of hydrogen-bond donors (Lipinski definition) is 2. The number of ether oxygens (including phenoxy) is 1. The van der Waals surface area contributed by atoms with Gasteiger partial charge in [0.1, 0.15) is 17.1 Å². The minimum absolute atomic E-state index is 0.0189. The molecule has 1 atom stereocenters. The van der Waals surface area contributed by atoms with Gasteiger partial charge < -0.3 is 19.6 Å². The lowest BCUT2D eigenvalue weighted by molar-refractivity contribution is 0.227. The summed E-state index contributed by atoms with van der Waals surface area (Å²) in [7, 11) is 1.65. The van der Waals surface area contributed by atoms with Crippen molar-refractivity contribution < 1.29 is 14.3 Å². The van der Waals surface area contributed by atoms with Crippen LogP contribution in [0.2, 0.25) is 0 Å². The molecule has 4 nitrogen and oxygen atoms in total. The molecule has 3 aromatic rings. The molecule has 4 heteroatoms. The van der Waals surface area contributed by atoms with Crippen LogP contribution < -0.4 is 10.1 Å². The first kappa shape index (κ1) is 15.6. The van der Waals surface area contributed by atoms with E-state index in [-0.39, 0.29) is 12.6 Å². The van der Waals surface area contributed by atoms with E-state index in [9.17, 15) is 5.11 Å². The predicted molar refractivity (Wildman–Crippen MR) is 90.6 cm³/mol. The molecule has 0 aliphatic heterocycles. The molecule has 0 bridgehead atoms. The molecule has 0 aliphatic rings. The predicted octanol–water partition coefficient (Wildman–Crippen LogP) is 3.57. The number of aryl methyl sites for hydroxylation is 1. The van der Waals surface area contributed by atoms with Gasteiger partial charge in [0.05, 0.1) is 19.8 Å². The third-order valence-electron chi connectivity index (χ3n) is 3.93. The highest BCUT2D eigenvalue weighted by Gasteiger charge is 2.15. The summed E-state index contributed by atoms with van der Waals surface area (Å²) in [6.45, 7) is 2.66. The van der Waals surface area contributed by atoms with Crippen LogP contribution in [0.5, 0.6) is 5.75 Å². The van der Waals surface area contributed by atoms with Gasteiger partial charge in [0.25, 0.3) is 0 Å². The lowest BCUT2D eigenvalue weighted by Crippen LogP contribution is -2.23. The molecule has 23 heavy (non-hydrogen) atoms. The van der Waals surface area contributed by atoms with Crippen LogP contribution in [0.15, 0.2) is 52.9 Å². The van der Waals surface area contributed by atoms with Crippen LogP contribution in [0.25, 0.3) is 11.0 Å². The van der Waals surface area contributed by atoms with Crippen LogP contribution in [-0.2, 0) is 6.54 Å². The molecule has 1 heterocycles. The molecule has 0 saturated carbocycles. The topological polar surface area (TPSA) is 54.6 Å². The van der Waals surface area contributed by atoms with Gasteiger partial charge in [-0.05, 0) is 42.3 Å². The molecule has 120 valence electrons. The van der Waals surface area contributed by atoms with Gasteiger partial charge in [-0.2, -0.15) is 0 Å². The molecule has 2 N–H and O–H groups in total. The second-order valence-corrected chi connectivity index (χ2v) is 5.65. The van der Waals surface area contributed by atoms with Crippen LogP contribution in [0.4, 0.5) is 0 Å². The Morgan fingerprint density at radius 3 is 2.61 bits per heavy atom. The molecule has 0 radical (unpaired) electrons. The number of aliphatic hydroxyl groups excluding tert-OH is 1. The zero-order valence-electron chi connectivity index (χ0n) is 13.4. The summed E-state index contributed by atoms with van der Waals surface area (Å²) in [6, 6.07) is 15.7. The summed E-state index contributed by atoms with van der Waals surface area (Å²) < 4.78 is 11.0. The van der Waals surface area contributed by atoms with Gasteiger partial charge >= 0.3 is 0 Å². The largest absolute Gasteiger partial charge is 0.497 e.